The van der Waals surface area contributed by atoms with Gasteiger partial charge in [0.1, 0.15) is 0 Å². The van der Waals surface area contributed by atoms with Gasteiger partial charge in [0, 0.05) is 12.8 Å². The molecule has 0 radical (unpaired) electrons. The van der Waals surface area contributed by atoms with Crippen LogP contribution in [0, 0.1) is 5.92 Å². The molecule has 0 aliphatic carbocycles. The Kier molecular flexibility index (Phi) is 4.37. The van der Waals surface area contributed by atoms with E-state index in [1.165, 1.54) is 0 Å². The summed E-state index contributed by atoms with van der Waals surface area (Å²) in [7, 11) is 0. The topological polar surface area (TPSA) is 41.8 Å². The van der Waals surface area contributed by atoms with E-state index in [2.05, 4.69) is 11.7 Å². The van der Waals surface area contributed by atoms with Crippen molar-refractivity contribution in [1.82, 2.24) is 0 Å². The molecule has 10 heavy (non-hydrogen) atoms. The molecule has 0 aliphatic heterocycles. The second-order valence-electron chi connectivity index (χ2n) is 2.14. The van der Waals surface area contributed by atoms with Crippen LogP contribution < -0.4 is 0 Å². The maximum atomic E-state index is 8.16. The molecular formula is C7H13NO2. The van der Waals surface area contributed by atoms with E-state index in [4.69, 9.17) is 9.94 Å². The van der Waals surface area contributed by atoms with Gasteiger partial charge in [-0.1, -0.05) is 18.2 Å². The summed E-state index contributed by atoms with van der Waals surface area (Å²) in [5.74, 6) is 0.574. The molecule has 0 heterocycles. The molecule has 1 unspecified atom stereocenters. The zero-order valence-electron chi connectivity index (χ0n) is 6.37. The maximum absolute atomic E-state index is 8.16. The van der Waals surface area contributed by atoms with Crippen LogP contribution in [0.2, 0.25) is 0 Å². The summed E-state index contributed by atoms with van der Waals surface area (Å²) in [5.41, 5.74) is 0. The summed E-state index contributed by atoms with van der Waals surface area (Å²) >= 11 is 0. The zero-order valence-corrected chi connectivity index (χ0v) is 6.37. The van der Waals surface area contributed by atoms with Crippen molar-refractivity contribution in [3.05, 3.63) is 12.7 Å². The first-order chi connectivity index (χ1) is 4.70. The van der Waals surface area contributed by atoms with E-state index in [9.17, 15) is 0 Å². The van der Waals surface area contributed by atoms with Crippen molar-refractivity contribution in [3.8, 4) is 0 Å². The Morgan fingerprint density at radius 2 is 2.50 bits per heavy atom. The van der Waals surface area contributed by atoms with E-state index in [0.29, 0.717) is 6.61 Å². The summed E-state index contributed by atoms with van der Waals surface area (Å²) in [5, 5.41) is 11.0. The minimum atomic E-state index is 0.286. The highest BCUT2D eigenvalue weighted by atomic mass is 16.5. The quantitative estimate of drug-likeness (QED) is 0.214. The Hall–Kier alpha value is -0.990. The number of rotatable bonds is 3. The first kappa shape index (κ1) is 9.01. The summed E-state index contributed by atoms with van der Waals surface area (Å²) in [6.45, 7) is 7.66. The van der Waals surface area contributed by atoms with E-state index in [-0.39, 0.29) is 11.8 Å². The third-order valence-corrected chi connectivity index (χ3v) is 1.10. The van der Waals surface area contributed by atoms with Crippen LogP contribution >= 0.6 is 0 Å². The van der Waals surface area contributed by atoms with Gasteiger partial charge < -0.3 is 9.94 Å². The van der Waals surface area contributed by atoms with Gasteiger partial charge in [0.2, 0.25) is 5.90 Å². The van der Waals surface area contributed by atoms with E-state index in [1.807, 2.05) is 6.92 Å². The second-order valence-corrected chi connectivity index (χ2v) is 2.14. The molecule has 1 atom stereocenters. The number of hydrogen-bond acceptors (Lipinski definition) is 3. The zero-order chi connectivity index (χ0) is 7.98. The largest absolute Gasteiger partial charge is 0.478 e. The molecule has 0 bridgehead atoms. The van der Waals surface area contributed by atoms with Gasteiger partial charge in [-0.3, -0.25) is 0 Å². The van der Waals surface area contributed by atoms with Gasteiger partial charge in [0.15, 0.2) is 0 Å². The number of oxime groups is 1. The van der Waals surface area contributed by atoms with Crippen molar-refractivity contribution >= 4 is 5.90 Å². The average Bonchev–Trinajstić information content (AvgIpc) is 1.99. The molecule has 3 heteroatoms. The fourth-order valence-corrected chi connectivity index (χ4v) is 0.349. The van der Waals surface area contributed by atoms with Gasteiger partial charge in [-0.05, 0) is 0 Å². The molecule has 0 aromatic carbocycles. The van der Waals surface area contributed by atoms with Crippen LogP contribution in [0.1, 0.15) is 13.8 Å². The van der Waals surface area contributed by atoms with Gasteiger partial charge in [0.25, 0.3) is 0 Å². The van der Waals surface area contributed by atoms with Crippen LogP contribution in [0.25, 0.3) is 0 Å². The SMILES string of the molecule is C=CC(C)COC(C)=NO. The molecule has 0 aromatic rings. The molecular weight excluding hydrogens is 130 g/mol. The number of ether oxygens (including phenoxy) is 1. The fraction of sp³-hybridized carbons (Fsp3) is 0.571. The molecule has 0 saturated heterocycles. The normalized spacial score (nSPS) is 14.4. The monoisotopic (exact) mass is 143 g/mol. The Morgan fingerprint density at radius 3 is 2.90 bits per heavy atom. The highest BCUT2D eigenvalue weighted by Gasteiger charge is 1.96. The minimum Gasteiger partial charge on any atom is -0.478 e. The van der Waals surface area contributed by atoms with Gasteiger partial charge >= 0.3 is 0 Å². The number of hydrogen-bond donors (Lipinski definition) is 1. The molecule has 0 rings (SSSR count). The van der Waals surface area contributed by atoms with Crippen molar-refractivity contribution in [2.45, 2.75) is 13.8 Å². The first-order valence-corrected chi connectivity index (χ1v) is 3.14. The van der Waals surface area contributed by atoms with E-state index >= 15 is 0 Å². The standard InChI is InChI=1S/C7H13NO2/c1-4-6(2)5-10-7(3)8-9/h4,6,9H,1,5H2,2-3H3. The lowest BCUT2D eigenvalue weighted by Crippen LogP contribution is -2.07. The van der Waals surface area contributed by atoms with E-state index in [0.717, 1.165) is 0 Å². The summed E-state index contributed by atoms with van der Waals surface area (Å²) in [4.78, 5) is 0. The van der Waals surface area contributed by atoms with E-state index < -0.39 is 0 Å². The average molecular weight is 143 g/mol. The molecule has 0 fully saturated rings. The van der Waals surface area contributed by atoms with Gasteiger partial charge in [-0.2, -0.15) is 0 Å². The van der Waals surface area contributed by atoms with Crippen LogP contribution in [0.5, 0.6) is 0 Å². The molecule has 0 spiro atoms. The molecule has 0 aromatic heterocycles. The third-order valence-electron chi connectivity index (χ3n) is 1.10. The third kappa shape index (κ3) is 3.95. The Bertz CT molecular complexity index is 132. The molecule has 0 aliphatic rings. The fourth-order valence-electron chi connectivity index (χ4n) is 0.349. The lowest BCUT2D eigenvalue weighted by Gasteiger charge is -2.06. The second kappa shape index (κ2) is 4.85. The summed E-state index contributed by atoms with van der Waals surface area (Å²) in [6, 6.07) is 0. The van der Waals surface area contributed by atoms with Crippen molar-refractivity contribution in [1.29, 1.82) is 0 Å². The molecule has 0 amide bonds. The van der Waals surface area contributed by atoms with E-state index in [1.54, 1.807) is 13.0 Å². The molecule has 0 saturated carbocycles. The van der Waals surface area contributed by atoms with Crippen molar-refractivity contribution in [3.63, 3.8) is 0 Å². The van der Waals surface area contributed by atoms with Crippen LogP contribution in [0.3, 0.4) is 0 Å². The Labute approximate surface area is 61.0 Å². The van der Waals surface area contributed by atoms with Gasteiger partial charge in [-0.15, -0.1) is 6.58 Å². The lowest BCUT2D eigenvalue weighted by molar-refractivity contribution is 0.235. The van der Waals surface area contributed by atoms with Crippen LogP contribution in [0.15, 0.2) is 17.8 Å². The summed E-state index contributed by atoms with van der Waals surface area (Å²) in [6.07, 6.45) is 1.78. The lowest BCUT2D eigenvalue weighted by atomic mass is 10.2. The smallest absolute Gasteiger partial charge is 0.222 e. The van der Waals surface area contributed by atoms with Crippen molar-refractivity contribution in [2.24, 2.45) is 11.1 Å². The van der Waals surface area contributed by atoms with Crippen molar-refractivity contribution in [2.75, 3.05) is 6.61 Å². The van der Waals surface area contributed by atoms with Crippen LogP contribution in [0.4, 0.5) is 0 Å². The van der Waals surface area contributed by atoms with Crippen molar-refractivity contribution < 1.29 is 9.94 Å². The molecule has 1 N–H and O–H groups in total. The predicted molar refractivity (Wildman–Crippen MR) is 40.2 cm³/mol. The summed E-state index contributed by atoms with van der Waals surface area (Å²) < 4.78 is 4.97. The van der Waals surface area contributed by atoms with Crippen LogP contribution in [-0.4, -0.2) is 17.7 Å². The van der Waals surface area contributed by atoms with Crippen LogP contribution in [-0.2, 0) is 4.74 Å². The molecule has 58 valence electrons. The molecule has 3 nitrogen and oxygen atoms in total. The maximum Gasteiger partial charge on any atom is 0.222 e. The van der Waals surface area contributed by atoms with Gasteiger partial charge in [0.05, 0.1) is 6.61 Å². The predicted octanol–water partition coefficient (Wildman–Crippen LogP) is 1.63. The highest BCUT2D eigenvalue weighted by Crippen LogP contribution is 1.96. The Morgan fingerprint density at radius 1 is 1.90 bits per heavy atom. The highest BCUT2D eigenvalue weighted by molar-refractivity contribution is 5.72. The Balaban J connectivity index is 3.44. The van der Waals surface area contributed by atoms with Gasteiger partial charge in [-0.25, -0.2) is 0 Å². The minimum absolute atomic E-state index is 0.286. The first-order valence-electron chi connectivity index (χ1n) is 3.14. The number of nitrogens with zero attached hydrogens (tertiary/aromatic N) is 1.